The van der Waals surface area contributed by atoms with E-state index in [0.29, 0.717) is 44.4 Å². The summed E-state index contributed by atoms with van der Waals surface area (Å²) >= 11 is 0. The molecule has 0 spiro atoms. The summed E-state index contributed by atoms with van der Waals surface area (Å²) in [6, 6.07) is 3.41. The van der Waals surface area contributed by atoms with Crippen molar-refractivity contribution in [3.05, 3.63) is 23.9 Å². The molecule has 1 rings (SSSR count). The Kier molecular flexibility index (Phi) is 8.33. The first-order chi connectivity index (χ1) is 9.79. The van der Waals surface area contributed by atoms with E-state index in [1.165, 1.54) is 0 Å². The number of aromatic nitrogens is 1. The van der Waals surface area contributed by atoms with Gasteiger partial charge in [-0.05, 0) is 25.5 Å². The molecule has 112 valence electrons. The average molecular weight is 282 g/mol. The number of anilines is 1. The number of carbonyl (C=O) groups is 1. The van der Waals surface area contributed by atoms with E-state index in [0.717, 1.165) is 6.42 Å². The molecule has 1 heterocycles. The zero-order valence-corrected chi connectivity index (χ0v) is 12.1. The Labute approximate surface area is 119 Å². The van der Waals surface area contributed by atoms with Gasteiger partial charge in [-0.3, -0.25) is 0 Å². The molecule has 1 aromatic rings. The number of ether oxygens (including phenoxy) is 3. The average Bonchev–Trinajstić information content (AvgIpc) is 2.47. The van der Waals surface area contributed by atoms with Crippen LogP contribution in [-0.4, -0.2) is 51.0 Å². The molecule has 6 nitrogen and oxygen atoms in total. The van der Waals surface area contributed by atoms with E-state index in [2.05, 4.69) is 10.3 Å². The van der Waals surface area contributed by atoms with Gasteiger partial charge in [-0.2, -0.15) is 0 Å². The highest BCUT2D eigenvalue weighted by molar-refractivity contribution is 5.94. The fraction of sp³-hybridized carbons (Fsp3) is 0.571. The molecule has 0 aliphatic heterocycles. The number of rotatable bonds is 10. The monoisotopic (exact) mass is 282 g/mol. The Bertz CT molecular complexity index is 399. The largest absolute Gasteiger partial charge is 0.462 e. The quantitative estimate of drug-likeness (QED) is 0.520. The second-order valence-corrected chi connectivity index (χ2v) is 4.01. The Morgan fingerprint density at radius 1 is 1.35 bits per heavy atom. The molecule has 0 amide bonds. The van der Waals surface area contributed by atoms with Crippen LogP contribution in [0.3, 0.4) is 0 Å². The summed E-state index contributed by atoms with van der Waals surface area (Å²) in [5, 5.41) is 3.12. The first kappa shape index (κ1) is 16.4. The lowest BCUT2D eigenvalue weighted by Gasteiger charge is -2.10. The van der Waals surface area contributed by atoms with Crippen molar-refractivity contribution < 1.29 is 19.0 Å². The van der Waals surface area contributed by atoms with Gasteiger partial charge in [-0.1, -0.05) is 0 Å². The lowest BCUT2D eigenvalue weighted by atomic mass is 10.2. The smallest absolute Gasteiger partial charge is 0.341 e. The van der Waals surface area contributed by atoms with Gasteiger partial charge >= 0.3 is 5.97 Å². The van der Waals surface area contributed by atoms with Crippen LogP contribution in [0.1, 0.15) is 23.7 Å². The normalized spacial score (nSPS) is 10.3. The van der Waals surface area contributed by atoms with Crippen LogP contribution in [0.15, 0.2) is 18.3 Å². The fourth-order valence-electron chi connectivity index (χ4n) is 1.55. The van der Waals surface area contributed by atoms with Crippen molar-refractivity contribution in [3.8, 4) is 0 Å². The van der Waals surface area contributed by atoms with Gasteiger partial charge in [-0.25, -0.2) is 9.78 Å². The van der Waals surface area contributed by atoms with E-state index < -0.39 is 0 Å². The number of esters is 1. The van der Waals surface area contributed by atoms with Crippen LogP contribution < -0.4 is 5.32 Å². The fourth-order valence-corrected chi connectivity index (χ4v) is 1.55. The molecular formula is C14H22N2O4. The minimum absolute atomic E-state index is 0.348. The molecule has 0 fully saturated rings. The molecular weight excluding hydrogens is 260 g/mol. The maximum atomic E-state index is 11.7. The third-order valence-corrected chi connectivity index (χ3v) is 2.49. The molecule has 20 heavy (non-hydrogen) atoms. The number of hydrogen-bond acceptors (Lipinski definition) is 6. The molecule has 1 N–H and O–H groups in total. The molecule has 0 unspecified atom stereocenters. The third-order valence-electron chi connectivity index (χ3n) is 2.49. The summed E-state index contributed by atoms with van der Waals surface area (Å²) in [4.78, 5) is 15.9. The van der Waals surface area contributed by atoms with Gasteiger partial charge in [0.1, 0.15) is 11.4 Å². The van der Waals surface area contributed by atoms with E-state index in [4.69, 9.17) is 14.2 Å². The van der Waals surface area contributed by atoms with Crippen LogP contribution in [0.5, 0.6) is 0 Å². The number of nitrogens with one attached hydrogen (secondary N) is 1. The predicted molar refractivity (Wildman–Crippen MR) is 76.0 cm³/mol. The SMILES string of the molecule is CCOC(=O)c1cccnc1NCCCOCCOC. The second-order valence-electron chi connectivity index (χ2n) is 4.01. The summed E-state index contributed by atoms with van der Waals surface area (Å²) in [5.74, 6) is 0.183. The van der Waals surface area contributed by atoms with Crippen molar-refractivity contribution in [1.82, 2.24) is 4.98 Å². The highest BCUT2D eigenvalue weighted by Crippen LogP contribution is 2.12. The predicted octanol–water partition coefficient (Wildman–Crippen LogP) is 1.72. The molecule has 0 bridgehead atoms. The Morgan fingerprint density at radius 2 is 2.20 bits per heavy atom. The van der Waals surface area contributed by atoms with Crippen LogP contribution >= 0.6 is 0 Å². The van der Waals surface area contributed by atoms with Crippen LogP contribution in [0.4, 0.5) is 5.82 Å². The van der Waals surface area contributed by atoms with Gasteiger partial charge in [0.25, 0.3) is 0 Å². The van der Waals surface area contributed by atoms with E-state index in [1.807, 2.05) is 0 Å². The highest BCUT2D eigenvalue weighted by atomic mass is 16.5. The number of hydrogen-bond donors (Lipinski definition) is 1. The van der Waals surface area contributed by atoms with E-state index in [1.54, 1.807) is 32.4 Å². The van der Waals surface area contributed by atoms with Crippen LogP contribution in [-0.2, 0) is 14.2 Å². The maximum absolute atomic E-state index is 11.7. The third kappa shape index (κ3) is 5.99. The van der Waals surface area contributed by atoms with Crippen LogP contribution in [0, 0.1) is 0 Å². The summed E-state index contributed by atoms with van der Waals surface area (Å²) in [6.07, 6.45) is 2.46. The van der Waals surface area contributed by atoms with Gasteiger partial charge in [0.15, 0.2) is 0 Å². The second kappa shape index (κ2) is 10.2. The molecule has 0 aliphatic carbocycles. The van der Waals surface area contributed by atoms with Gasteiger partial charge in [0.2, 0.25) is 0 Å². The van der Waals surface area contributed by atoms with E-state index >= 15 is 0 Å². The lowest BCUT2D eigenvalue weighted by Crippen LogP contribution is -2.13. The number of methoxy groups -OCH3 is 1. The van der Waals surface area contributed by atoms with E-state index in [9.17, 15) is 4.79 Å². The molecule has 6 heteroatoms. The van der Waals surface area contributed by atoms with E-state index in [-0.39, 0.29) is 5.97 Å². The number of carbonyl (C=O) groups excluding carboxylic acids is 1. The Hall–Kier alpha value is -1.66. The van der Waals surface area contributed by atoms with Crippen molar-refractivity contribution >= 4 is 11.8 Å². The van der Waals surface area contributed by atoms with Crippen molar-refractivity contribution in [2.75, 3.05) is 45.4 Å². The first-order valence-electron chi connectivity index (χ1n) is 6.72. The maximum Gasteiger partial charge on any atom is 0.341 e. The molecule has 0 atom stereocenters. The van der Waals surface area contributed by atoms with Gasteiger partial charge in [0.05, 0.1) is 19.8 Å². The van der Waals surface area contributed by atoms with Crippen molar-refractivity contribution in [1.29, 1.82) is 0 Å². The summed E-state index contributed by atoms with van der Waals surface area (Å²) < 4.78 is 15.2. The van der Waals surface area contributed by atoms with Crippen LogP contribution in [0.25, 0.3) is 0 Å². The standard InChI is InChI=1S/C14H22N2O4/c1-3-20-14(17)12-6-4-7-15-13(12)16-8-5-9-19-11-10-18-2/h4,6-7H,3,5,8-11H2,1-2H3,(H,15,16). The zero-order valence-electron chi connectivity index (χ0n) is 12.1. The van der Waals surface area contributed by atoms with Crippen molar-refractivity contribution in [3.63, 3.8) is 0 Å². The number of pyridine rings is 1. The summed E-state index contributed by atoms with van der Waals surface area (Å²) in [7, 11) is 1.64. The molecule has 0 saturated heterocycles. The van der Waals surface area contributed by atoms with Crippen molar-refractivity contribution in [2.24, 2.45) is 0 Å². The Morgan fingerprint density at radius 3 is 2.95 bits per heavy atom. The molecule has 0 aromatic carbocycles. The molecule has 0 saturated carbocycles. The zero-order chi connectivity index (χ0) is 14.6. The number of nitrogens with zero attached hydrogens (tertiary/aromatic N) is 1. The molecule has 0 radical (unpaired) electrons. The highest BCUT2D eigenvalue weighted by Gasteiger charge is 2.12. The topological polar surface area (TPSA) is 69.7 Å². The van der Waals surface area contributed by atoms with Gasteiger partial charge in [0, 0.05) is 26.5 Å². The minimum atomic E-state index is -0.362. The summed E-state index contributed by atoms with van der Waals surface area (Å²) in [5.41, 5.74) is 0.453. The lowest BCUT2D eigenvalue weighted by molar-refractivity contribution is 0.0527. The summed E-state index contributed by atoms with van der Waals surface area (Å²) in [6.45, 7) is 4.63. The first-order valence-corrected chi connectivity index (χ1v) is 6.72. The molecule has 1 aromatic heterocycles. The van der Waals surface area contributed by atoms with Gasteiger partial charge < -0.3 is 19.5 Å². The van der Waals surface area contributed by atoms with Gasteiger partial charge in [-0.15, -0.1) is 0 Å². The van der Waals surface area contributed by atoms with Crippen LogP contribution in [0.2, 0.25) is 0 Å². The Balaban J connectivity index is 2.34. The van der Waals surface area contributed by atoms with Crippen molar-refractivity contribution in [2.45, 2.75) is 13.3 Å². The minimum Gasteiger partial charge on any atom is -0.462 e. The molecule has 0 aliphatic rings.